The van der Waals surface area contributed by atoms with Crippen LogP contribution in [0.5, 0.6) is 11.6 Å². The Balaban J connectivity index is 1.52. The lowest BCUT2D eigenvalue weighted by Gasteiger charge is -2.10. The van der Waals surface area contributed by atoms with Gasteiger partial charge in [0.25, 0.3) is 10.0 Å². The maximum atomic E-state index is 12.6. The first-order chi connectivity index (χ1) is 14.3. The molecule has 0 fully saturated rings. The number of aromatic nitrogens is 5. The second-order valence-electron chi connectivity index (χ2n) is 6.47. The molecule has 0 bridgehead atoms. The van der Waals surface area contributed by atoms with Gasteiger partial charge < -0.3 is 9.26 Å². The highest BCUT2D eigenvalue weighted by Crippen LogP contribution is 2.26. The van der Waals surface area contributed by atoms with Crippen molar-refractivity contribution < 1.29 is 17.7 Å². The molecule has 0 saturated heterocycles. The van der Waals surface area contributed by atoms with Gasteiger partial charge in [-0.25, -0.2) is 18.4 Å². The van der Waals surface area contributed by atoms with Crippen LogP contribution in [0.25, 0.3) is 5.82 Å². The molecule has 10 nitrogen and oxygen atoms in total. The van der Waals surface area contributed by atoms with E-state index in [4.69, 9.17) is 9.26 Å². The first-order valence-corrected chi connectivity index (χ1v) is 10.4. The van der Waals surface area contributed by atoms with Crippen LogP contribution in [-0.4, -0.2) is 33.1 Å². The smallest absolute Gasteiger partial charge is 0.267 e. The molecule has 0 aliphatic heterocycles. The summed E-state index contributed by atoms with van der Waals surface area (Å²) >= 11 is 0. The molecule has 0 aliphatic carbocycles. The molecule has 0 amide bonds. The van der Waals surface area contributed by atoms with Gasteiger partial charge in [-0.1, -0.05) is 5.16 Å². The molecule has 0 radical (unpaired) electrons. The number of nitrogens with zero attached hydrogens (tertiary/aromatic N) is 5. The van der Waals surface area contributed by atoms with E-state index in [9.17, 15) is 8.42 Å². The van der Waals surface area contributed by atoms with Crippen molar-refractivity contribution in [3.63, 3.8) is 0 Å². The zero-order valence-electron chi connectivity index (χ0n) is 16.4. The van der Waals surface area contributed by atoms with Crippen molar-refractivity contribution in [2.24, 2.45) is 0 Å². The van der Waals surface area contributed by atoms with Crippen molar-refractivity contribution in [3.05, 3.63) is 66.3 Å². The molecule has 4 aromatic rings. The first-order valence-electron chi connectivity index (χ1n) is 8.89. The summed E-state index contributed by atoms with van der Waals surface area (Å²) < 4.78 is 40.2. The minimum absolute atomic E-state index is 0.0336. The molecule has 4 rings (SSSR count). The van der Waals surface area contributed by atoms with E-state index in [0.717, 1.165) is 0 Å². The van der Waals surface area contributed by atoms with Gasteiger partial charge in [-0.3, -0.25) is 9.29 Å². The van der Waals surface area contributed by atoms with Gasteiger partial charge in [0.2, 0.25) is 5.88 Å². The number of anilines is 1. The maximum Gasteiger partial charge on any atom is 0.267 e. The quantitative estimate of drug-likeness (QED) is 0.498. The van der Waals surface area contributed by atoms with Crippen LogP contribution < -0.4 is 9.46 Å². The molecule has 3 heterocycles. The molecule has 0 unspecified atom stereocenters. The number of aryl methyl sites for hydroxylation is 3. The number of hydrogen-bond acceptors (Lipinski definition) is 8. The third-order valence-electron chi connectivity index (χ3n) is 4.14. The van der Waals surface area contributed by atoms with Crippen LogP contribution in [0.2, 0.25) is 0 Å². The van der Waals surface area contributed by atoms with Gasteiger partial charge in [0.05, 0.1) is 0 Å². The van der Waals surface area contributed by atoms with Crippen molar-refractivity contribution in [3.8, 4) is 17.4 Å². The van der Waals surface area contributed by atoms with Gasteiger partial charge in [-0.15, -0.1) is 0 Å². The van der Waals surface area contributed by atoms with Crippen LogP contribution in [0.4, 0.5) is 5.69 Å². The van der Waals surface area contributed by atoms with Gasteiger partial charge in [-0.05, 0) is 45.0 Å². The molecule has 0 saturated carbocycles. The highest BCUT2D eigenvalue weighted by molar-refractivity contribution is 7.92. The summed E-state index contributed by atoms with van der Waals surface area (Å²) in [7, 11) is -3.82. The predicted molar refractivity (Wildman–Crippen MR) is 107 cm³/mol. The van der Waals surface area contributed by atoms with Crippen LogP contribution >= 0.6 is 0 Å². The molecule has 3 aromatic heterocycles. The number of rotatable bonds is 6. The van der Waals surface area contributed by atoms with Gasteiger partial charge in [-0.2, -0.15) is 4.98 Å². The maximum absolute atomic E-state index is 12.6. The van der Waals surface area contributed by atoms with E-state index < -0.39 is 10.0 Å². The topological polar surface area (TPSA) is 125 Å². The molecule has 0 atom stereocenters. The minimum Gasteiger partial charge on any atom is -0.439 e. The van der Waals surface area contributed by atoms with E-state index in [1.54, 1.807) is 74.4 Å². The molecule has 1 N–H and O–H groups in total. The summed E-state index contributed by atoms with van der Waals surface area (Å²) in [5.74, 6) is 2.24. The second-order valence-corrected chi connectivity index (χ2v) is 8.09. The molecule has 0 spiro atoms. The van der Waals surface area contributed by atoms with E-state index >= 15 is 0 Å². The van der Waals surface area contributed by atoms with Crippen molar-refractivity contribution >= 4 is 15.7 Å². The fourth-order valence-electron chi connectivity index (χ4n) is 2.88. The molecule has 0 aliphatic rings. The predicted octanol–water partition coefficient (Wildman–Crippen LogP) is 3.17. The zero-order valence-corrected chi connectivity index (χ0v) is 17.2. The largest absolute Gasteiger partial charge is 0.439 e. The van der Waals surface area contributed by atoms with Gasteiger partial charge in [0.1, 0.15) is 29.4 Å². The Morgan fingerprint density at radius 1 is 1.10 bits per heavy atom. The van der Waals surface area contributed by atoms with Crippen LogP contribution in [0, 0.1) is 20.8 Å². The van der Waals surface area contributed by atoms with Crippen molar-refractivity contribution in [1.82, 2.24) is 24.7 Å². The summed E-state index contributed by atoms with van der Waals surface area (Å²) in [5, 5.41) is 3.69. The van der Waals surface area contributed by atoms with Crippen LogP contribution in [0.3, 0.4) is 0 Å². The van der Waals surface area contributed by atoms with E-state index in [1.165, 1.54) is 0 Å². The summed E-state index contributed by atoms with van der Waals surface area (Å²) in [6, 6.07) is 8.15. The lowest BCUT2D eigenvalue weighted by atomic mass is 10.3. The average molecular weight is 426 g/mol. The Hall–Kier alpha value is -3.73. The Morgan fingerprint density at radius 2 is 1.87 bits per heavy atom. The van der Waals surface area contributed by atoms with Crippen LogP contribution in [0.15, 0.2) is 58.5 Å². The minimum atomic E-state index is -3.82. The lowest BCUT2D eigenvalue weighted by Crippen LogP contribution is -2.14. The average Bonchev–Trinajstić information content (AvgIpc) is 3.33. The summed E-state index contributed by atoms with van der Waals surface area (Å²) in [5.41, 5.74) is 0.674. The van der Waals surface area contributed by atoms with Gasteiger partial charge in [0.15, 0.2) is 10.7 Å². The fourth-order valence-corrected chi connectivity index (χ4v) is 4.27. The number of nitrogens with one attached hydrogen (secondary N) is 1. The summed E-state index contributed by atoms with van der Waals surface area (Å²) in [4.78, 5) is 12.7. The van der Waals surface area contributed by atoms with E-state index in [1.807, 2.05) is 0 Å². The molecule has 30 heavy (non-hydrogen) atoms. The van der Waals surface area contributed by atoms with Crippen LogP contribution in [-0.2, 0) is 10.0 Å². The van der Waals surface area contributed by atoms with E-state index in [0.29, 0.717) is 34.7 Å². The third-order valence-corrected chi connectivity index (χ3v) is 5.76. The second kappa shape index (κ2) is 7.59. The Bertz CT molecular complexity index is 1260. The fraction of sp³-hybridized carbons (Fsp3) is 0.158. The lowest BCUT2D eigenvalue weighted by molar-refractivity contribution is 0.390. The molecular weight excluding hydrogens is 408 g/mol. The number of imidazole rings is 1. The highest BCUT2D eigenvalue weighted by Gasteiger charge is 2.24. The normalized spacial score (nSPS) is 11.4. The highest BCUT2D eigenvalue weighted by atomic mass is 32.2. The van der Waals surface area contributed by atoms with Crippen molar-refractivity contribution in [2.75, 3.05) is 4.72 Å². The number of hydrogen-bond donors (Lipinski definition) is 1. The van der Waals surface area contributed by atoms with Crippen molar-refractivity contribution in [2.45, 2.75) is 25.7 Å². The van der Waals surface area contributed by atoms with Crippen LogP contribution in [0.1, 0.15) is 17.3 Å². The number of sulfonamides is 1. The zero-order chi connectivity index (χ0) is 21.3. The SMILES string of the molecule is Cc1nc(Oc2ccc(NS(=O)(=O)c3c(C)noc3C)cc2)cc(-n2ccnc2)n1. The molecular formula is C19H18N6O4S. The molecule has 1 aromatic carbocycles. The Labute approximate surface area is 172 Å². The Kier molecular flexibility index (Phi) is 4.96. The summed E-state index contributed by atoms with van der Waals surface area (Å²) in [6.07, 6.45) is 5.05. The third kappa shape index (κ3) is 4.01. The summed E-state index contributed by atoms with van der Waals surface area (Å²) in [6.45, 7) is 4.89. The van der Waals surface area contributed by atoms with E-state index in [-0.39, 0.29) is 10.7 Å². The first kappa shape index (κ1) is 19.6. The molecule has 11 heteroatoms. The van der Waals surface area contributed by atoms with Gasteiger partial charge in [0, 0.05) is 24.1 Å². The standard InChI is InChI=1S/C19H18N6O4S/c1-12-19(13(2)29-23-12)30(26,27)24-15-4-6-16(7-5-15)28-18-10-17(21-14(3)22-18)25-9-8-20-11-25/h4-11,24H,1-3H3. The monoisotopic (exact) mass is 426 g/mol. The Morgan fingerprint density at radius 3 is 2.50 bits per heavy atom. The van der Waals surface area contributed by atoms with E-state index in [2.05, 4.69) is 24.8 Å². The number of benzene rings is 1. The number of ether oxygens (including phenoxy) is 1. The van der Waals surface area contributed by atoms with Crippen molar-refractivity contribution in [1.29, 1.82) is 0 Å². The molecule has 154 valence electrons. The van der Waals surface area contributed by atoms with Gasteiger partial charge >= 0.3 is 0 Å².